The Labute approximate surface area is 205 Å². The van der Waals surface area contributed by atoms with Gasteiger partial charge in [-0.3, -0.25) is 9.59 Å². The van der Waals surface area contributed by atoms with Gasteiger partial charge in [0.25, 0.3) is 5.91 Å². The van der Waals surface area contributed by atoms with Crippen LogP contribution >= 0.6 is 0 Å². The highest BCUT2D eigenvalue weighted by molar-refractivity contribution is 7.89. The van der Waals surface area contributed by atoms with E-state index >= 15 is 0 Å². The molecule has 178 valence electrons. The summed E-state index contributed by atoms with van der Waals surface area (Å²) in [7, 11) is -3.73. The van der Waals surface area contributed by atoms with Crippen LogP contribution in [-0.2, 0) is 16.6 Å². The van der Waals surface area contributed by atoms with Crippen molar-refractivity contribution in [2.24, 2.45) is 0 Å². The predicted octanol–water partition coefficient (Wildman–Crippen LogP) is 5.01. The quantitative estimate of drug-likeness (QED) is 0.342. The highest BCUT2D eigenvalue weighted by Crippen LogP contribution is 2.24. The highest BCUT2D eigenvalue weighted by Gasteiger charge is 2.16. The number of hydrogen-bond acceptors (Lipinski definition) is 4. The molecule has 1 atom stereocenters. The summed E-state index contributed by atoms with van der Waals surface area (Å²) in [5.74, 6) is -0.333. The molecule has 0 saturated heterocycles. The molecule has 0 spiro atoms. The Bertz CT molecular complexity index is 1470. The summed E-state index contributed by atoms with van der Waals surface area (Å²) >= 11 is 0. The average Bonchev–Trinajstić information content (AvgIpc) is 2.87. The lowest BCUT2D eigenvalue weighted by atomic mass is 9.99. The molecule has 0 heterocycles. The summed E-state index contributed by atoms with van der Waals surface area (Å²) in [6.45, 7) is 3.45. The van der Waals surface area contributed by atoms with Crippen molar-refractivity contribution in [1.29, 1.82) is 0 Å². The van der Waals surface area contributed by atoms with Gasteiger partial charge in [-0.25, -0.2) is 13.1 Å². The van der Waals surface area contributed by atoms with Crippen LogP contribution in [0.4, 0.5) is 0 Å². The Morgan fingerprint density at radius 2 is 1.43 bits per heavy atom. The maximum absolute atomic E-state index is 12.8. The van der Waals surface area contributed by atoms with Crippen LogP contribution in [0.3, 0.4) is 0 Å². The zero-order chi connectivity index (χ0) is 25.0. The second-order valence-corrected chi connectivity index (χ2v) is 10.1. The molecule has 6 nitrogen and oxygen atoms in total. The van der Waals surface area contributed by atoms with E-state index < -0.39 is 10.0 Å². The molecule has 35 heavy (non-hydrogen) atoms. The summed E-state index contributed by atoms with van der Waals surface area (Å²) in [6, 6.07) is 26.5. The molecule has 1 unspecified atom stereocenters. The summed E-state index contributed by atoms with van der Waals surface area (Å²) in [4.78, 5) is 24.3. The Hall–Kier alpha value is -3.81. The molecule has 4 aromatic carbocycles. The van der Waals surface area contributed by atoms with Gasteiger partial charge in [-0.05, 0) is 60.0 Å². The van der Waals surface area contributed by atoms with Crippen molar-refractivity contribution in [2.45, 2.75) is 31.3 Å². The molecule has 0 bridgehead atoms. The SMILES string of the molecule is CC(=O)c1ccc(S(=O)(=O)NCc2ccc(C(=O)NC(C)c3cccc4ccccc34)cc2)cc1. The third kappa shape index (κ3) is 5.65. The number of nitrogens with one attached hydrogen (secondary N) is 2. The number of hydrogen-bond donors (Lipinski definition) is 2. The summed E-state index contributed by atoms with van der Waals surface area (Å²) in [5, 5.41) is 5.26. The molecule has 0 aromatic heterocycles. The van der Waals surface area contributed by atoms with Gasteiger partial charge in [0.2, 0.25) is 10.0 Å². The van der Waals surface area contributed by atoms with Gasteiger partial charge in [-0.15, -0.1) is 0 Å². The van der Waals surface area contributed by atoms with Crippen LogP contribution in [0.2, 0.25) is 0 Å². The number of rotatable bonds is 8. The number of carbonyl (C=O) groups is 2. The van der Waals surface area contributed by atoms with E-state index in [0.29, 0.717) is 16.7 Å². The monoisotopic (exact) mass is 486 g/mol. The number of sulfonamides is 1. The van der Waals surface area contributed by atoms with Gasteiger partial charge >= 0.3 is 0 Å². The molecule has 0 aliphatic rings. The minimum atomic E-state index is -3.73. The Kier molecular flexibility index (Phi) is 7.10. The molecule has 0 aliphatic heterocycles. The Morgan fingerprint density at radius 1 is 0.800 bits per heavy atom. The molecule has 4 aromatic rings. The lowest BCUT2D eigenvalue weighted by molar-refractivity contribution is 0.0939. The van der Waals surface area contributed by atoms with E-state index in [0.717, 1.165) is 16.3 Å². The van der Waals surface area contributed by atoms with Crippen LogP contribution < -0.4 is 10.0 Å². The Morgan fingerprint density at radius 3 is 2.11 bits per heavy atom. The summed E-state index contributed by atoms with van der Waals surface area (Å²) < 4.78 is 27.6. The number of ketones is 1. The lowest BCUT2D eigenvalue weighted by Gasteiger charge is -2.17. The molecule has 0 aliphatic carbocycles. The van der Waals surface area contributed by atoms with Crippen LogP contribution in [0.25, 0.3) is 10.8 Å². The van der Waals surface area contributed by atoms with E-state index in [1.165, 1.54) is 31.2 Å². The largest absolute Gasteiger partial charge is 0.345 e. The molecule has 2 N–H and O–H groups in total. The van der Waals surface area contributed by atoms with Gasteiger partial charge in [-0.2, -0.15) is 0 Å². The minimum Gasteiger partial charge on any atom is -0.345 e. The van der Waals surface area contributed by atoms with E-state index in [9.17, 15) is 18.0 Å². The number of benzene rings is 4. The second kappa shape index (κ2) is 10.2. The molecular weight excluding hydrogens is 460 g/mol. The first-order valence-electron chi connectivity index (χ1n) is 11.2. The molecule has 7 heteroatoms. The van der Waals surface area contributed by atoms with Gasteiger partial charge < -0.3 is 5.32 Å². The zero-order valence-electron chi connectivity index (χ0n) is 19.5. The Balaban J connectivity index is 1.39. The topological polar surface area (TPSA) is 92.3 Å². The van der Waals surface area contributed by atoms with Gasteiger partial charge in [0.1, 0.15) is 0 Å². The fraction of sp³-hybridized carbons (Fsp3) is 0.143. The van der Waals surface area contributed by atoms with E-state index in [-0.39, 0.29) is 29.2 Å². The highest BCUT2D eigenvalue weighted by atomic mass is 32.2. The average molecular weight is 487 g/mol. The van der Waals surface area contributed by atoms with E-state index in [4.69, 9.17) is 0 Å². The number of amides is 1. The maximum Gasteiger partial charge on any atom is 0.251 e. The second-order valence-electron chi connectivity index (χ2n) is 8.37. The van der Waals surface area contributed by atoms with Crippen LogP contribution in [0.15, 0.2) is 95.9 Å². The van der Waals surface area contributed by atoms with Gasteiger partial charge in [0.05, 0.1) is 10.9 Å². The maximum atomic E-state index is 12.8. The fourth-order valence-corrected chi connectivity index (χ4v) is 4.91. The molecule has 4 rings (SSSR count). The van der Waals surface area contributed by atoms with Gasteiger partial charge in [0, 0.05) is 17.7 Å². The standard InChI is InChI=1S/C28H26N2O4S/c1-19(26-9-5-7-23-6-3-4-8-27(23)26)30-28(32)24-12-10-21(11-13-24)18-29-35(33,34)25-16-14-22(15-17-25)20(2)31/h3-17,19,29H,18H2,1-2H3,(H,30,32). The summed E-state index contributed by atoms with van der Waals surface area (Å²) in [5.41, 5.74) is 2.70. The van der Waals surface area contributed by atoms with Crippen molar-refractivity contribution in [2.75, 3.05) is 0 Å². The molecule has 0 fully saturated rings. The van der Waals surface area contributed by atoms with E-state index in [1.807, 2.05) is 49.4 Å². The molecule has 0 radical (unpaired) electrons. The van der Waals surface area contributed by atoms with Crippen molar-refractivity contribution in [1.82, 2.24) is 10.0 Å². The molecule has 0 saturated carbocycles. The smallest absolute Gasteiger partial charge is 0.251 e. The van der Waals surface area contributed by atoms with Crippen molar-refractivity contribution < 1.29 is 18.0 Å². The first-order valence-corrected chi connectivity index (χ1v) is 12.7. The van der Waals surface area contributed by atoms with E-state index in [2.05, 4.69) is 10.0 Å². The third-order valence-electron chi connectivity index (χ3n) is 5.89. The molecule has 1 amide bonds. The first kappa shape index (κ1) is 24.3. The number of carbonyl (C=O) groups excluding carboxylic acids is 2. The predicted molar refractivity (Wildman–Crippen MR) is 137 cm³/mol. The molecular formula is C28H26N2O4S. The van der Waals surface area contributed by atoms with Crippen molar-refractivity contribution in [3.05, 3.63) is 113 Å². The van der Waals surface area contributed by atoms with Crippen molar-refractivity contribution in [3.8, 4) is 0 Å². The minimum absolute atomic E-state index is 0.0745. The van der Waals surface area contributed by atoms with Gasteiger partial charge in [-0.1, -0.05) is 66.7 Å². The van der Waals surface area contributed by atoms with Crippen molar-refractivity contribution >= 4 is 32.5 Å². The normalized spacial score (nSPS) is 12.3. The van der Waals surface area contributed by atoms with Crippen LogP contribution in [0.5, 0.6) is 0 Å². The zero-order valence-corrected chi connectivity index (χ0v) is 20.3. The van der Waals surface area contributed by atoms with Gasteiger partial charge in [0.15, 0.2) is 5.78 Å². The van der Waals surface area contributed by atoms with Crippen molar-refractivity contribution in [3.63, 3.8) is 0 Å². The number of fused-ring (bicyclic) bond motifs is 1. The number of Topliss-reactive ketones (excluding diaryl/α,β-unsaturated/α-hetero) is 1. The summed E-state index contributed by atoms with van der Waals surface area (Å²) in [6.07, 6.45) is 0. The van der Waals surface area contributed by atoms with Crippen LogP contribution in [0.1, 0.15) is 51.7 Å². The third-order valence-corrected chi connectivity index (χ3v) is 7.31. The fourth-order valence-electron chi connectivity index (χ4n) is 3.89. The van der Waals surface area contributed by atoms with Crippen LogP contribution in [0, 0.1) is 0 Å². The van der Waals surface area contributed by atoms with E-state index in [1.54, 1.807) is 24.3 Å². The first-order chi connectivity index (χ1) is 16.7. The lowest BCUT2D eigenvalue weighted by Crippen LogP contribution is -2.27. The van der Waals surface area contributed by atoms with Crippen LogP contribution in [-0.4, -0.2) is 20.1 Å².